The smallest absolute Gasteiger partial charge is 0.00668 e. The Morgan fingerprint density at radius 1 is 1.11 bits per heavy atom. The maximum Gasteiger partial charge on any atom is 0.00668 e. The molecule has 1 nitrogen and oxygen atoms in total. The zero-order chi connectivity index (χ0) is 6.85. The molecule has 9 heavy (non-hydrogen) atoms. The normalized spacial score (nSPS) is 45.0. The van der Waals surface area contributed by atoms with Crippen LogP contribution in [0.1, 0.15) is 33.6 Å². The molecule has 54 valence electrons. The first-order valence-electron chi connectivity index (χ1n) is 3.96. The molecular weight excluding hydrogens is 110 g/mol. The Morgan fingerprint density at radius 2 is 1.78 bits per heavy atom. The molecule has 1 fully saturated rings. The summed E-state index contributed by atoms with van der Waals surface area (Å²) in [5.74, 6) is 0.876. The van der Waals surface area contributed by atoms with E-state index >= 15 is 0 Å². The van der Waals surface area contributed by atoms with Crippen molar-refractivity contribution in [2.75, 3.05) is 0 Å². The third kappa shape index (κ3) is 1.68. The molecule has 1 rings (SSSR count). The van der Waals surface area contributed by atoms with E-state index in [2.05, 4.69) is 26.1 Å². The van der Waals surface area contributed by atoms with Crippen molar-refractivity contribution in [3.63, 3.8) is 0 Å². The van der Waals surface area contributed by atoms with E-state index in [0.717, 1.165) is 18.0 Å². The van der Waals surface area contributed by atoms with Gasteiger partial charge in [0.25, 0.3) is 0 Å². The fraction of sp³-hybridized carbons (Fsp3) is 1.00. The third-order valence-corrected chi connectivity index (χ3v) is 2.46. The second-order valence-electron chi connectivity index (χ2n) is 3.41. The lowest BCUT2D eigenvalue weighted by molar-refractivity contribution is 0.269. The van der Waals surface area contributed by atoms with E-state index in [0.29, 0.717) is 0 Å². The molecule has 0 aromatic heterocycles. The van der Waals surface area contributed by atoms with Gasteiger partial charge in [0, 0.05) is 12.1 Å². The maximum atomic E-state index is 3.53. The van der Waals surface area contributed by atoms with E-state index in [-0.39, 0.29) is 0 Å². The van der Waals surface area contributed by atoms with Crippen LogP contribution in [-0.2, 0) is 0 Å². The molecule has 0 radical (unpaired) electrons. The largest absolute Gasteiger partial charge is 0.312 e. The zero-order valence-corrected chi connectivity index (χ0v) is 6.65. The predicted octanol–water partition coefficient (Wildman–Crippen LogP) is 1.78. The van der Waals surface area contributed by atoms with E-state index in [1.54, 1.807) is 0 Å². The summed E-state index contributed by atoms with van der Waals surface area (Å²) in [5.41, 5.74) is 0. The summed E-state index contributed by atoms with van der Waals surface area (Å²) in [4.78, 5) is 0. The number of rotatable bonds is 0. The Morgan fingerprint density at radius 3 is 2.22 bits per heavy atom. The van der Waals surface area contributed by atoms with Crippen molar-refractivity contribution in [1.29, 1.82) is 0 Å². The summed E-state index contributed by atoms with van der Waals surface area (Å²) < 4.78 is 0. The van der Waals surface area contributed by atoms with E-state index in [1.807, 2.05) is 0 Å². The van der Waals surface area contributed by atoms with Crippen LogP contribution in [0.15, 0.2) is 0 Å². The molecular formula is C8H17N. The molecule has 1 N–H and O–H groups in total. The molecule has 1 aliphatic heterocycles. The Kier molecular flexibility index (Phi) is 2.12. The number of nitrogens with one attached hydrogen (secondary N) is 1. The number of piperidine rings is 1. The summed E-state index contributed by atoms with van der Waals surface area (Å²) in [6.45, 7) is 6.87. The highest BCUT2D eigenvalue weighted by Crippen LogP contribution is 2.18. The SMILES string of the molecule is CC1CCC(C)[C@H](C)N1. The summed E-state index contributed by atoms with van der Waals surface area (Å²) in [7, 11) is 0. The van der Waals surface area contributed by atoms with Crippen LogP contribution in [0.2, 0.25) is 0 Å². The van der Waals surface area contributed by atoms with Gasteiger partial charge in [-0.1, -0.05) is 6.92 Å². The molecule has 0 spiro atoms. The van der Waals surface area contributed by atoms with Gasteiger partial charge in [0.15, 0.2) is 0 Å². The van der Waals surface area contributed by atoms with Gasteiger partial charge in [0.2, 0.25) is 0 Å². The van der Waals surface area contributed by atoms with Crippen LogP contribution < -0.4 is 5.32 Å². The van der Waals surface area contributed by atoms with Crippen molar-refractivity contribution < 1.29 is 0 Å². The molecule has 0 aliphatic carbocycles. The Balaban J connectivity index is 2.35. The first-order chi connectivity index (χ1) is 4.20. The van der Waals surface area contributed by atoms with Gasteiger partial charge in [-0.25, -0.2) is 0 Å². The first-order valence-corrected chi connectivity index (χ1v) is 3.96. The summed E-state index contributed by atoms with van der Waals surface area (Å²) >= 11 is 0. The zero-order valence-electron chi connectivity index (χ0n) is 6.65. The van der Waals surface area contributed by atoms with Crippen molar-refractivity contribution in [1.82, 2.24) is 5.32 Å². The topological polar surface area (TPSA) is 12.0 Å². The van der Waals surface area contributed by atoms with Gasteiger partial charge < -0.3 is 5.32 Å². The maximum absolute atomic E-state index is 3.53. The van der Waals surface area contributed by atoms with Crippen LogP contribution in [-0.4, -0.2) is 12.1 Å². The van der Waals surface area contributed by atoms with Crippen LogP contribution in [0.25, 0.3) is 0 Å². The summed E-state index contributed by atoms with van der Waals surface area (Å²) in [5, 5.41) is 3.53. The van der Waals surface area contributed by atoms with Crippen LogP contribution in [0.5, 0.6) is 0 Å². The summed E-state index contributed by atoms with van der Waals surface area (Å²) in [6.07, 6.45) is 2.75. The average Bonchev–Trinajstić information content (AvgIpc) is 1.80. The third-order valence-electron chi connectivity index (χ3n) is 2.46. The minimum absolute atomic E-state index is 0.730. The van der Waals surface area contributed by atoms with Gasteiger partial charge in [-0.15, -0.1) is 0 Å². The molecule has 1 aliphatic rings. The Bertz CT molecular complexity index is 90.6. The van der Waals surface area contributed by atoms with Crippen molar-refractivity contribution in [3.8, 4) is 0 Å². The standard InChI is InChI=1S/C8H17N/c1-6-4-5-7(2)9-8(6)3/h6-9H,4-5H2,1-3H3/t6?,7?,8-/m0/s1. The van der Waals surface area contributed by atoms with Crippen molar-refractivity contribution >= 4 is 0 Å². The lowest BCUT2D eigenvalue weighted by atomic mass is 9.91. The lowest BCUT2D eigenvalue weighted by Gasteiger charge is -2.31. The molecule has 3 atom stereocenters. The molecule has 0 bridgehead atoms. The molecule has 0 aromatic carbocycles. The molecule has 2 unspecified atom stereocenters. The van der Waals surface area contributed by atoms with Crippen molar-refractivity contribution in [3.05, 3.63) is 0 Å². The second kappa shape index (κ2) is 2.70. The van der Waals surface area contributed by atoms with Crippen molar-refractivity contribution in [2.45, 2.75) is 45.7 Å². The number of hydrogen-bond donors (Lipinski definition) is 1. The van der Waals surface area contributed by atoms with Crippen LogP contribution >= 0.6 is 0 Å². The lowest BCUT2D eigenvalue weighted by Crippen LogP contribution is -2.43. The van der Waals surface area contributed by atoms with Gasteiger partial charge in [-0.05, 0) is 32.6 Å². The molecule has 1 heteroatoms. The fourth-order valence-electron chi connectivity index (χ4n) is 1.46. The van der Waals surface area contributed by atoms with Crippen molar-refractivity contribution in [2.24, 2.45) is 5.92 Å². The van der Waals surface area contributed by atoms with Gasteiger partial charge in [-0.2, -0.15) is 0 Å². The first kappa shape index (κ1) is 7.07. The van der Waals surface area contributed by atoms with E-state index in [4.69, 9.17) is 0 Å². The number of hydrogen-bond acceptors (Lipinski definition) is 1. The van der Waals surface area contributed by atoms with Crippen LogP contribution in [0.4, 0.5) is 0 Å². The molecule has 0 aromatic rings. The molecule has 1 saturated heterocycles. The van der Waals surface area contributed by atoms with E-state index in [1.165, 1.54) is 12.8 Å². The predicted molar refractivity (Wildman–Crippen MR) is 40.5 cm³/mol. The highest BCUT2D eigenvalue weighted by Gasteiger charge is 2.19. The average molecular weight is 127 g/mol. The monoisotopic (exact) mass is 127 g/mol. The minimum atomic E-state index is 0.730. The second-order valence-corrected chi connectivity index (χ2v) is 3.41. The van der Waals surface area contributed by atoms with E-state index < -0.39 is 0 Å². The Labute approximate surface area is 57.8 Å². The van der Waals surface area contributed by atoms with Gasteiger partial charge in [-0.3, -0.25) is 0 Å². The molecule has 0 amide bonds. The van der Waals surface area contributed by atoms with Gasteiger partial charge >= 0.3 is 0 Å². The highest BCUT2D eigenvalue weighted by atomic mass is 15.0. The van der Waals surface area contributed by atoms with Gasteiger partial charge in [0.1, 0.15) is 0 Å². The van der Waals surface area contributed by atoms with Gasteiger partial charge in [0.05, 0.1) is 0 Å². The Hall–Kier alpha value is -0.0400. The highest BCUT2D eigenvalue weighted by molar-refractivity contribution is 4.78. The van der Waals surface area contributed by atoms with Crippen LogP contribution in [0, 0.1) is 5.92 Å². The fourth-order valence-corrected chi connectivity index (χ4v) is 1.46. The quantitative estimate of drug-likeness (QED) is 0.523. The molecule has 1 heterocycles. The van der Waals surface area contributed by atoms with Crippen LogP contribution in [0.3, 0.4) is 0 Å². The minimum Gasteiger partial charge on any atom is -0.312 e. The summed E-state index contributed by atoms with van der Waals surface area (Å²) in [6, 6.07) is 1.48. The molecule has 0 saturated carbocycles. The van der Waals surface area contributed by atoms with E-state index in [9.17, 15) is 0 Å².